The van der Waals surface area contributed by atoms with E-state index in [4.69, 9.17) is 17.0 Å². The number of aryl methyl sites for hydroxylation is 2. The Bertz CT molecular complexity index is 1550. The van der Waals surface area contributed by atoms with Gasteiger partial charge in [-0.05, 0) is 98.9 Å². The third-order valence-electron chi connectivity index (χ3n) is 6.78. The number of nitrogens with zero attached hydrogens (tertiary/aromatic N) is 4. The summed E-state index contributed by atoms with van der Waals surface area (Å²) in [6.45, 7) is 4.17. The normalized spacial score (nSPS) is 16.9. The maximum Gasteiger partial charge on any atom is 0.174 e. The standard InChI is InChI=1S/C31H27N5OS/c1-21-8-13-25(14-9-21)37-26-15-11-23(12-16-26)36-30(29(34-31(36)38)27-7-3-4-19-33-27)28-17-10-22(2)35(28)24-6-5-18-32-20-24/h3-20,29-30H,1-2H3,(H,34,38)/t29-,30-/m0/s1. The molecule has 1 aliphatic rings. The molecule has 6 nitrogen and oxygen atoms in total. The maximum atomic E-state index is 6.07. The van der Waals surface area contributed by atoms with Crippen molar-refractivity contribution in [3.05, 3.63) is 132 Å². The highest BCUT2D eigenvalue weighted by Gasteiger charge is 2.42. The van der Waals surface area contributed by atoms with Crippen LogP contribution in [0.1, 0.15) is 34.7 Å². The predicted octanol–water partition coefficient (Wildman–Crippen LogP) is 6.85. The van der Waals surface area contributed by atoms with E-state index in [2.05, 4.69) is 68.9 Å². The summed E-state index contributed by atoms with van der Waals surface area (Å²) in [5.74, 6) is 1.57. The van der Waals surface area contributed by atoms with Crippen LogP contribution in [0.15, 0.2) is 110 Å². The minimum Gasteiger partial charge on any atom is -0.457 e. The lowest BCUT2D eigenvalue weighted by molar-refractivity contribution is 0.482. The Kier molecular flexibility index (Phi) is 6.35. The van der Waals surface area contributed by atoms with Crippen LogP contribution in [0.5, 0.6) is 11.5 Å². The average Bonchev–Trinajstić information content (AvgIpc) is 3.50. The SMILES string of the molecule is Cc1ccc(Oc2ccc(N3C(=S)N[C@@H](c4ccccn4)[C@@H]3c3ccc(C)n3-c3cccnc3)cc2)cc1. The zero-order valence-corrected chi connectivity index (χ0v) is 22.0. The number of benzene rings is 2. The second kappa shape index (κ2) is 10.1. The van der Waals surface area contributed by atoms with Crippen LogP contribution in [0.3, 0.4) is 0 Å². The van der Waals surface area contributed by atoms with Crippen LogP contribution in [0, 0.1) is 13.8 Å². The molecule has 0 bridgehead atoms. The number of rotatable bonds is 6. The molecule has 0 unspecified atom stereocenters. The molecule has 0 radical (unpaired) electrons. The average molecular weight is 518 g/mol. The van der Waals surface area contributed by atoms with Gasteiger partial charge in [0.05, 0.1) is 23.6 Å². The van der Waals surface area contributed by atoms with E-state index in [-0.39, 0.29) is 12.1 Å². The first-order valence-electron chi connectivity index (χ1n) is 12.5. The zero-order chi connectivity index (χ0) is 26.1. The third-order valence-corrected chi connectivity index (χ3v) is 7.10. The van der Waals surface area contributed by atoms with Crippen LogP contribution in [0.25, 0.3) is 5.69 Å². The summed E-state index contributed by atoms with van der Waals surface area (Å²) >= 11 is 5.93. The van der Waals surface area contributed by atoms with Gasteiger partial charge in [0.15, 0.2) is 5.11 Å². The van der Waals surface area contributed by atoms with E-state index in [1.54, 1.807) is 6.20 Å². The Hall–Kier alpha value is -4.49. The van der Waals surface area contributed by atoms with E-state index in [0.29, 0.717) is 5.11 Å². The van der Waals surface area contributed by atoms with Crippen LogP contribution in [0.2, 0.25) is 0 Å². The van der Waals surface area contributed by atoms with Gasteiger partial charge in [0.1, 0.15) is 17.5 Å². The van der Waals surface area contributed by atoms with Crippen molar-refractivity contribution in [2.24, 2.45) is 0 Å². The maximum absolute atomic E-state index is 6.07. The molecule has 2 atom stereocenters. The Morgan fingerprint density at radius 1 is 0.789 bits per heavy atom. The number of nitrogens with one attached hydrogen (secondary N) is 1. The third kappa shape index (κ3) is 4.53. The molecule has 0 spiro atoms. The number of anilines is 1. The van der Waals surface area contributed by atoms with Gasteiger partial charge >= 0.3 is 0 Å². The van der Waals surface area contributed by atoms with E-state index in [1.807, 2.05) is 73.1 Å². The number of pyridine rings is 2. The molecule has 0 amide bonds. The second-order valence-corrected chi connectivity index (χ2v) is 9.74. The van der Waals surface area contributed by atoms with Crippen LogP contribution in [-0.4, -0.2) is 19.6 Å². The molecule has 0 aliphatic carbocycles. The van der Waals surface area contributed by atoms with Gasteiger partial charge in [0, 0.05) is 29.5 Å². The Labute approximate surface area is 227 Å². The van der Waals surface area contributed by atoms with Crippen LogP contribution >= 0.6 is 12.2 Å². The number of ether oxygens (including phenoxy) is 1. The van der Waals surface area contributed by atoms with Crippen molar-refractivity contribution in [1.82, 2.24) is 19.9 Å². The molecule has 2 aromatic carbocycles. The fraction of sp³-hybridized carbons (Fsp3) is 0.129. The molecule has 1 fully saturated rings. The summed E-state index contributed by atoms with van der Waals surface area (Å²) in [5.41, 5.74) is 6.31. The Balaban J connectivity index is 1.41. The number of hydrogen-bond donors (Lipinski definition) is 1. The predicted molar refractivity (Wildman–Crippen MR) is 154 cm³/mol. The quantitative estimate of drug-likeness (QED) is 0.249. The molecule has 5 aromatic rings. The summed E-state index contributed by atoms with van der Waals surface area (Å²) in [5, 5.41) is 4.20. The lowest BCUT2D eigenvalue weighted by Crippen LogP contribution is -2.30. The van der Waals surface area contributed by atoms with Gasteiger partial charge in [-0.2, -0.15) is 0 Å². The minimum absolute atomic E-state index is 0.142. The fourth-order valence-electron chi connectivity index (χ4n) is 4.98. The molecule has 1 saturated heterocycles. The smallest absolute Gasteiger partial charge is 0.174 e. The molecule has 0 saturated carbocycles. The number of aromatic nitrogens is 3. The molecule has 7 heteroatoms. The van der Waals surface area contributed by atoms with Crippen molar-refractivity contribution in [3.63, 3.8) is 0 Å². The number of hydrogen-bond acceptors (Lipinski definition) is 4. The van der Waals surface area contributed by atoms with Crippen LogP contribution in [0.4, 0.5) is 5.69 Å². The van der Waals surface area contributed by atoms with Crippen molar-refractivity contribution in [2.45, 2.75) is 25.9 Å². The van der Waals surface area contributed by atoms with E-state index in [1.165, 1.54) is 5.56 Å². The van der Waals surface area contributed by atoms with Crippen molar-refractivity contribution in [1.29, 1.82) is 0 Å². The van der Waals surface area contributed by atoms with Gasteiger partial charge in [-0.25, -0.2) is 0 Å². The molecular formula is C31H27N5OS. The highest BCUT2D eigenvalue weighted by Crippen LogP contribution is 2.43. The molecule has 38 heavy (non-hydrogen) atoms. The first-order chi connectivity index (χ1) is 18.6. The highest BCUT2D eigenvalue weighted by molar-refractivity contribution is 7.80. The summed E-state index contributed by atoms with van der Waals surface area (Å²) in [4.78, 5) is 11.2. The molecule has 188 valence electrons. The summed E-state index contributed by atoms with van der Waals surface area (Å²) in [6, 6.07) is 30.1. The van der Waals surface area contributed by atoms with Gasteiger partial charge in [0.2, 0.25) is 0 Å². The molecule has 6 rings (SSSR count). The lowest BCUT2D eigenvalue weighted by atomic mass is 10.0. The number of thiocarbonyl (C=S) groups is 1. The van der Waals surface area contributed by atoms with Gasteiger partial charge < -0.3 is 19.5 Å². The molecule has 4 heterocycles. The van der Waals surface area contributed by atoms with Crippen LogP contribution in [-0.2, 0) is 0 Å². The summed E-state index contributed by atoms with van der Waals surface area (Å²) in [7, 11) is 0. The van der Waals surface area contributed by atoms with Crippen LogP contribution < -0.4 is 15.0 Å². The second-order valence-electron chi connectivity index (χ2n) is 9.35. The van der Waals surface area contributed by atoms with Crippen molar-refractivity contribution in [2.75, 3.05) is 4.90 Å². The minimum atomic E-state index is -0.143. The molecule has 1 N–H and O–H groups in total. The van der Waals surface area contributed by atoms with Crippen molar-refractivity contribution >= 4 is 23.0 Å². The van der Waals surface area contributed by atoms with Gasteiger partial charge in [0.25, 0.3) is 0 Å². The Morgan fingerprint density at radius 2 is 1.55 bits per heavy atom. The zero-order valence-electron chi connectivity index (χ0n) is 21.2. The lowest BCUT2D eigenvalue weighted by Gasteiger charge is -2.29. The van der Waals surface area contributed by atoms with Gasteiger partial charge in [-0.15, -0.1) is 0 Å². The summed E-state index contributed by atoms with van der Waals surface area (Å²) < 4.78 is 8.31. The monoisotopic (exact) mass is 517 g/mol. The summed E-state index contributed by atoms with van der Waals surface area (Å²) in [6.07, 6.45) is 5.49. The molecule has 1 aliphatic heterocycles. The highest BCUT2D eigenvalue weighted by atomic mass is 32.1. The van der Waals surface area contributed by atoms with E-state index in [9.17, 15) is 0 Å². The molecular weight excluding hydrogens is 490 g/mol. The van der Waals surface area contributed by atoms with E-state index >= 15 is 0 Å². The topological polar surface area (TPSA) is 55.2 Å². The fourth-order valence-corrected chi connectivity index (χ4v) is 5.32. The van der Waals surface area contributed by atoms with E-state index < -0.39 is 0 Å². The van der Waals surface area contributed by atoms with E-state index in [0.717, 1.165) is 40.0 Å². The molecule has 3 aromatic heterocycles. The van der Waals surface area contributed by atoms with Gasteiger partial charge in [-0.3, -0.25) is 9.97 Å². The van der Waals surface area contributed by atoms with Gasteiger partial charge in [-0.1, -0.05) is 23.8 Å². The Morgan fingerprint density at radius 3 is 2.24 bits per heavy atom. The first-order valence-corrected chi connectivity index (χ1v) is 12.9. The first kappa shape index (κ1) is 23.9. The van der Waals surface area contributed by atoms with Crippen molar-refractivity contribution in [3.8, 4) is 17.2 Å². The van der Waals surface area contributed by atoms with Crippen molar-refractivity contribution < 1.29 is 4.74 Å². The largest absolute Gasteiger partial charge is 0.457 e.